The maximum atomic E-state index is 13.1. The van der Waals surface area contributed by atoms with Gasteiger partial charge in [0, 0.05) is 16.6 Å². The number of nitrogens with zero attached hydrogens (tertiary/aromatic N) is 2. The van der Waals surface area contributed by atoms with Crippen molar-refractivity contribution >= 4 is 40.7 Å². The highest BCUT2D eigenvalue weighted by atomic mass is 35.5. The third kappa shape index (κ3) is 5.27. The molecule has 0 unspecified atom stereocenters. The van der Waals surface area contributed by atoms with E-state index in [4.69, 9.17) is 23.2 Å². The van der Waals surface area contributed by atoms with Crippen molar-refractivity contribution < 1.29 is 9.59 Å². The topological polar surface area (TPSA) is 76.0 Å². The Hall–Kier alpha value is -2.83. The van der Waals surface area contributed by atoms with E-state index in [0.29, 0.717) is 26.9 Å². The molecular formula is C23H24Cl2N4O2. The van der Waals surface area contributed by atoms with E-state index >= 15 is 0 Å². The second kappa shape index (κ2) is 9.54. The average Bonchev–Trinajstić information content (AvgIpc) is 3.14. The van der Waals surface area contributed by atoms with E-state index in [9.17, 15) is 9.59 Å². The van der Waals surface area contributed by atoms with E-state index in [1.807, 2.05) is 39.8 Å². The second-order valence-corrected chi connectivity index (χ2v) is 8.61. The van der Waals surface area contributed by atoms with E-state index in [2.05, 4.69) is 15.7 Å². The van der Waals surface area contributed by atoms with Crippen LogP contribution in [0.3, 0.4) is 0 Å². The number of hydrogen-bond donors (Lipinski definition) is 2. The normalized spacial score (nSPS) is 11.1. The number of carbonyl (C=O) groups is 2. The van der Waals surface area contributed by atoms with Crippen molar-refractivity contribution in [2.45, 2.75) is 39.7 Å². The van der Waals surface area contributed by atoms with Gasteiger partial charge in [0.2, 0.25) is 0 Å². The van der Waals surface area contributed by atoms with E-state index < -0.39 is 0 Å². The highest BCUT2D eigenvalue weighted by Gasteiger charge is 2.22. The van der Waals surface area contributed by atoms with Crippen molar-refractivity contribution in [2.75, 3.05) is 5.32 Å². The van der Waals surface area contributed by atoms with Gasteiger partial charge in [-0.1, -0.05) is 43.1 Å². The zero-order chi connectivity index (χ0) is 22.7. The highest BCUT2D eigenvalue weighted by Crippen LogP contribution is 2.27. The molecule has 0 saturated carbocycles. The monoisotopic (exact) mass is 458 g/mol. The van der Waals surface area contributed by atoms with Crippen LogP contribution in [0.2, 0.25) is 10.0 Å². The van der Waals surface area contributed by atoms with Gasteiger partial charge in [0.15, 0.2) is 0 Å². The van der Waals surface area contributed by atoms with Crippen molar-refractivity contribution in [2.24, 2.45) is 0 Å². The smallest absolute Gasteiger partial charge is 0.259 e. The van der Waals surface area contributed by atoms with Gasteiger partial charge < -0.3 is 10.6 Å². The van der Waals surface area contributed by atoms with Gasteiger partial charge in [0.1, 0.15) is 0 Å². The minimum Gasteiger partial charge on any atom is -0.350 e. The van der Waals surface area contributed by atoms with Crippen LogP contribution in [-0.2, 0) is 0 Å². The van der Waals surface area contributed by atoms with Crippen LogP contribution in [0.25, 0.3) is 5.69 Å². The predicted molar refractivity (Wildman–Crippen MR) is 125 cm³/mol. The summed E-state index contributed by atoms with van der Waals surface area (Å²) in [5, 5.41) is 11.0. The van der Waals surface area contributed by atoms with Crippen molar-refractivity contribution in [3.05, 3.63) is 75.5 Å². The van der Waals surface area contributed by atoms with Crippen LogP contribution in [0, 0.1) is 0 Å². The summed E-state index contributed by atoms with van der Waals surface area (Å²) in [4.78, 5) is 25.4. The first-order valence-electron chi connectivity index (χ1n) is 9.93. The standard InChI is InChI=1S/C23H24Cl2N4O2/c1-13(2)21-18(12-26-29(21)17-7-5-6-16(24)11-17)23(31)28-20-10-15(8-9-19(20)25)22(30)27-14(3)4/h5-14H,1-4H3,(H,27,30)(H,28,31). The third-order valence-corrected chi connectivity index (χ3v) is 5.11. The van der Waals surface area contributed by atoms with Gasteiger partial charge in [-0.15, -0.1) is 0 Å². The fraction of sp³-hybridized carbons (Fsp3) is 0.261. The van der Waals surface area contributed by atoms with Crippen molar-refractivity contribution in [3.8, 4) is 5.69 Å². The van der Waals surface area contributed by atoms with Crippen LogP contribution >= 0.6 is 23.2 Å². The minimum atomic E-state index is -0.361. The summed E-state index contributed by atoms with van der Waals surface area (Å²) in [5.41, 5.74) is 2.69. The summed E-state index contributed by atoms with van der Waals surface area (Å²) in [6.07, 6.45) is 1.52. The molecule has 0 saturated heterocycles. The lowest BCUT2D eigenvalue weighted by Gasteiger charge is -2.14. The molecule has 0 aliphatic heterocycles. The molecule has 6 nitrogen and oxygen atoms in total. The Morgan fingerprint density at radius 1 is 1.00 bits per heavy atom. The van der Waals surface area contributed by atoms with Crippen LogP contribution < -0.4 is 10.6 Å². The lowest BCUT2D eigenvalue weighted by Crippen LogP contribution is -2.30. The molecule has 1 heterocycles. The van der Waals surface area contributed by atoms with Crippen LogP contribution in [0.1, 0.15) is 60.0 Å². The maximum Gasteiger partial charge on any atom is 0.259 e. The summed E-state index contributed by atoms with van der Waals surface area (Å²) < 4.78 is 1.71. The van der Waals surface area contributed by atoms with Gasteiger partial charge in [-0.2, -0.15) is 5.10 Å². The number of halogens is 2. The number of hydrogen-bond acceptors (Lipinski definition) is 3. The number of rotatable bonds is 6. The molecule has 1 aromatic heterocycles. The summed E-state index contributed by atoms with van der Waals surface area (Å²) in [7, 11) is 0. The largest absolute Gasteiger partial charge is 0.350 e. The average molecular weight is 459 g/mol. The van der Waals surface area contributed by atoms with E-state index in [1.165, 1.54) is 6.20 Å². The number of nitrogens with one attached hydrogen (secondary N) is 2. The molecule has 2 amide bonds. The molecule has 31 heavy (non-hydrogen) atoms. The number of carbonyl (C=O) groups excluding carboxylic acids is 2. The molecule has 162 valence electrons. The van der Waals surface area contributed by atoms with E-state index in [-0.39, 0.29) is 23.8 Å². The van der Waals surface area contributed by atoms with Gasteiger partial charge in [-0.05, 0) is 56.2 Å². The van der Waals surface area contributed by atoms with Gasteiger partial charge in [0.25, 0.3) is 11.8 Å². The Morgan fingerprint density at radius 3 is 2.39 bits per heavy atom. The molecule has 0 spiro atoms. The zero-order valence-electron chi connectivity index (χ0n) is 17.7. The van der Waals surface area contributed by atoms with E-state index in [0.717, 1.165) is 11.4 Å². The Bertz CT molecular complexity index is 1120. The van der Waals surface area contributed by atoms with Crippen LogP contribution in [0.4, 0.5) is 5.69 Å². The SMILES string of the molecule is CC(C)NC(=O)c1ccc(Cl)c(NC(=O)c2cnn(-c3cccc(Cl)c3)c2C(C)C)c1. The number of aromatic nitrogens is 2. The molecule has 0 fully saturated rings. The lowest BCUT2D eigenvalue weighted by atomic mass is 10.0. The number of amides is 2. The fourth-order valence-electron chi connectivity index (χ4n) is 3.20. The molecule has 3 aromatic rings. The van der Waals surface area contributed by atoms with Crippen LogP contribution in [-0.4, -0.2) is 27.6 Å². The molecule has 3 rings (SSSR count). The van der Waals surface area contributed by atoms with Gasteiger partial charge >= 0.3 is 0 Å². The first-order valence-corrected chi connectivity index (χ1v) is 10.7. The first kappa shape index (κ1) is 22.8. The Balaban J connectivity index is 1.93. The quantitative estimate of drug-likeness (QED) is 0.497. The predicted octanol–water partition coefficient (Wildman–Crippen LogP) is 5.69. The molecular weight excluding hydrogens is 435 g/mol. The van der Waals surface area contributed by atoms with Gasteiger partial charge in [-0.3, -0.25) is 9.59 Å². The van der Waals surface area contributed by atoms with Crippen molar-refractivity contribution in [3.63, 3.8) is 0 Å². The van der Waals surface area contributed by atoms with E-state index in [1.54, 1.807) is 35.0 Å². The Labute approximate surface area is 191 Å². The fourth-order valence-corrected chi connectivity index (χ4v) is 3.55. The van der Waals surface area contributed by atoms with Gasteiger partial charge in [-0.25, -0.2) is 4.68 Å². The summed E-state index contributed by atoms with van der Waals surface area (Å²) in [5.74, 6) is -0.583. The molecule has 0 bridgehead atoms. The number of benzene rings is 2. The van der Waals surface area contributed by atoms with Gasteiger partial charge in [0.05, 0.1) is 33.9 Å². The second-order valence-electron chi connectivity index (χ2n) is 7.77. The number of anilines is 1. The lowest BCUT2D eigenvalue weighted by molar-refractivity contribution is 0.0941. The Morgan fingerprint density at radius 2 is 1.74 bits per heavy atom. The molecule has 0 aliphatic carbocycles. The molecule has 2 aromatic carbocycles. The third-order valence-electron chi connectivity index (χ3n) is 4.55. The molecule has 0 atom stereocenters. The van der Waals surface area contributed by atoms with Crippen LogP contribution in [0.5, 0.6) is 0 Å². The molecule has 0 aliphatic rings. The molecule has 0 radical (unpaired) electrons. The van der Waals surface area contributed by atoms with Crippen molar-refractivity contribution in [1.82, 2.24) is 15.1 Å². The molecule has 8 heteroatoms. The first-order chi connectivity index (χ1) is 14.7. The Kier molecular flexibility index (Phi) is 7.03. The summed E-state index contributed by atoms with van der Waals surface area (Å²) in [6, 6.07) is 12.0. The molecule has 2 N–H and O–H groups in total. The minimum absolute atomic E-state index is 0.00727. The maximum absolute atomic E-state index is 13.1. The van der Waals surface area contributed by atoms with Crippen LogP contribution in [0.15, 0.2) is 48.7 Å². The zero-order valence-corrected chi connectivity index (χ0v) is 19.3. The highest BCUT2D eigenvalue weighted by molar-refractivity contribution is 6.34. The summed E-state index contributed by atoms with van der Waals surface area (Å²) >= 11 is 12.4. The van der Waals surface area contributed by atoms with Crippen molar-refractivity contribution in [1.29, 1.82) is 0 Å². The summed E-state index contributed by atoms with van der Waals surface area (Å²) in [6.45, 7) is 7.72.